The summed E-state index contributed by atoms with van der Waals surface area (Å²) in [6.45, 7) is 3.66. The number of likely N-dealkylation sites (tertiary alicyclic amines) is 1. The van der Waals surface area contributed by atoms with E-state index in [1.165, 1.54) is 0 Å². The molecule has 3 heterocycles. The minimum Gasteiger partial charge on any atom is -0.393 e. The van der Waals surface area contributed by atoms with Gasteiger partial charge in [0.1, 0.15) is 12.1 Å². The van der Waals surface area contributed by atoms with Crippen LogP contribution in [-0.2, 0) is 4.79 Å². The molecule has 6 nitrogen and oxygen atoms in total. The van der Waals surface area contributed by atoms with E-state index in [9.17, 15) is 9.90 Å². The standard InChI is InChI=1S/C18H26N4O2/c23-15-9-14(10-15)16-11-17(20-12-19-16)21-7-3-13(4-8-21)18(24)22-5-1-2-6-22/h11-15,23H,1-10H2. The van der Waals surface area contributed by atoms with Crippen LogP contribution in [0.3, 0.4) is 0 Å². The first-order valence-electron chi connectivity index (χ1n) is 9.24. The second kappa shape index (κ2) is 6.67. The van der Waals surface area contributed by atoms with Gasteiger partial charge in [-0.3, -0.25) is 4.79 Å². The van der Waals surface area contributed by atoms with Crippen LogP contribution in [0, 0.1) is 5.92 Å². The largest absolute Gasteiger partial charge is 0.393 e. The zero-order chi connectivity index (χ0) is 16.5. The van der Waals surface area contributed by atoms with Crippen molar-refractivity contribution in [1.82, 2.24) is 14.9 Å². The van der Waals surface area contributed by atoms with Gasteiger partial charge in [-0.2, -0.15) is 0 Å². The van der Waals surface area contributed by atoms with Gasteiger partial charge >= 0.3 is 0 Å². The number of piperidine rings is 1. The van der Waals surface area contributed by atoms with Gasteiger partial charge in [0.2, 0.25) is 5.91 Å². The predicted molar refractivity (Wildman–Crippen MR) is 90.8 cm³/mol. The van der Waals surface area contributed by atoms with Crippen molar-refractivity contribution in [1.29, 1.82) is 0 Å². The minimum absolute atomic E-state index is 0.166. The van der Waals surface area contributed by atoms with E-state index in [1.54, 1.807) is 6.33 Å². The van der Waals surface area contributed by atoms with Crippen LogP contribution >= 0.6 is 0 Å². The monoisotopic (exact) mass is 330 g/mol. The SMILES string of the molecule is O=C(C1CCN(c2cc(C3CC(O)C3)ncn2)CC1)N1CCCC1. The smallest absolute Gasteiger partial charge is 0.225 e. The van der Waals surface area contributed by atoms with Crippen LogP contribution in [0.15, 0.2) is 12.4 Å². The maximum Gasteiger partial charge on any atom is 0.225 e. The highest BCUT2D eigenvalue weighted by Gasteiger charge is 2.32. The normalized spacial score (nSPS) is 28.0. The highest BCUT2D eigenvalue weighted by molar-refractivity contribution is 5.79. The molecule has 1 aliphatic carbocycles. The third-order valence-corrected chi connectivity index (χ3v) is 5.79. The van der Waals surface area contributed by atoms with Crippen molar-refractivity contribution in [2.24, 2.45) is 5.92 Å². The van der Waals surface area contributed by atoms with Crippen molar-refractivity contribution in [3.05, 3.63) is 18.1 Å². The summed E-state index contributed by atoms with van der Waals surface area (Å²) in [5.74, 6) is 1.88. The molecule has 0 bridgehead atoms. The molecule has 0 unspecified atom stereocenters. The Morgan fingerprint density at radius 3 is 2.46 bits per heavy atom. The fraction of sp³-hybridized carbons (Fsp3) is 0.722. The molecule has 3 fully saturated rings. The Hall–Kier alpha value is -1.69. The average molecular weight is 330 g/mol. The van der Waals surface area contributed by atoms with Gasteiger partial charge < -0.3 is 14.9 Å². The van der Waals surface area contributed by atoms with Crippen molar-refractivity contribution in [3.8, 4) is 0 Å². The van der Waals surface area contributed by atoms with Crippen LogP contribution < -0.4 is 4.90 Å². The van der Waals surface area contributed by atoms with Gasteiger partial charge in [0, 0.05) is 49.8 Å². The molecule has 1 aromatic rings. The van der Waals surface area contributed by atoms with Gasteiger partial charge in [0.15, 0.2) is 0 Å². The molecule has 0 aromatic carbocycles. The second-order valence-electron chi connectivity index (χ2n) is 7.42. The number of anilines is 1. The first-order valence-corrected chi connectivity index (χ1v) is 9.24. The van der Waals surface area contributed by atoms with E-state index >= 15 is 0 Å². The van der Waals surface area contributed by atoms with Gasteiger partial charge in [-0.1, -0.05) is 0 Å². The van der Waals surface area contributed by atoms with E-state index in [4.69, 9.17) is 0 Å². The number of carbonyl (C=O) groups is 1. The molecule has 24 heavy (non-hydrogen) atoms. The van der Waals surface area contributed by atoms with E-state index in [0.29, 0.717) is 11.8 Å². The molecule has 6 heteroatoms. The number of rotatable bonds is 3. The Morgan fingerprint density at radius 2 is 1.79 bits per heavy atom. The highest BCUT2D eigenvalue weighted by atomic mass is 16.3. The Morgan fingerprint density at radius 1 is 1.08 bits per heavy atom. The highest BCUT2D eigenvalue weighted by Crippen LogP contribution is 2.36. The summed E-state index contributed by atoms with van der Waals surface area (Å²) in [6.07, 6.45) is 7.23. The number of nitrogens with zero attached hydrogens (tertiary/aromatic N) is 4. The third-order valence-electron chi connectivity index (χ3n) is 5.79. The fourth-order valence-electron chi connectivity index (χ4n) is 4.14. The molecule has 2 saturated heterocycles. The number of hydrogen-bond acceptors (Lipinski definition) is 5. The lowest BCUT2D eigenvalue weighted by atomic mass is 9.80. The van der Waals surface area contributed by atoms with Crippen LogP contribution in [-0.4, -0.2) is 58.2 Å². The Bertz CT molecular complexity index is 588. The lowest BCUT2D eigenvalue weighted by Gasteiger charge is -2.35. The Kier molecular flexibility index (Phi) is 4.39. The molecule has 3 aliphatic rings. The van der Waals surface area contributed by atoms with Crippen LogP contribution in [0.4, 0.5) is 5.82 Å². The van der Waals surface area contributed by atoms with E-state index in [2.05, 4.69) is 20.9 Å². The summed E-state index contributed by atoms with van der Waals surface area (Å²) in [5, 5.41) is 9.48. The molecule has 0 atom stereocenters. The van der Waals surface area contributed by atoms with Crippen LogP contribution in [0.25, 0.3) is 0 Å². The maximum atomic E-state index is 12.5. The van der Waals surface area contributed by atoms with Gasteiger partial charge in [-0.05, 0) is 38.5 Å². The minimum atomic E-state index is -0.166. The van der Waals surface area contributed by atoms with Crippen molar-refractivity contribution in [2.45, 2.75) is 50.5 Å². The van der Waals surface area contributed by atoms with Crippen LogP contribution in [0.5, 0.6) is 0 Å². The summed E-state index contributed by atoms with van der Waals surface area (Å²) in [5.41, 5.74) is 1.04. The van der Waals surface area contributed by atoms with Gasteiger partial charge in [-0.15, -0.1) is 0 Å². The first kappa shape index (κ1) is 15.8. The lowest BCUT2D eigenvalue weighted by Crippen LogP contribution is -2.42. The molecule has 2 aliphatic heterocycles. The van der Waals surface area contributed by atoms with Gasteiger partial charge in [0.05, 0.1) is 6.10 Å². The number of hydrogen-bond donors (Lipinski definition) is 1. The van der Waals surface area contributed by atoms with Crippen LogP contribution in [0.1, 0.15) is 50.1 Å². The molecular weight excluding hydrogens is 304 g/mol. The van der Waals surface area contributed by atoms with E-state index < -0.39 is 0 Å². The van der Waals surface area contributed by atoms with Crippen molar-refractivity contribution in [2.75, 3.05) is 31.1 Å². The number of amides is 1. The van der Waals surface area contributed by atoms with E-state index in [-0.39, 0.29) is 12.0 Å². The fourth-order valence-corrected chi connectivity index (χ4v) is 4.14. The quantitative estimate of drug-likeness (QED) is 0.911. The number of aliphatic hydroxyl groups is 1. The molecule has 1 N–H and O–H groups in total. The number of aliphatic hydroxyl groups excluding tert-OH is 1. The summed E-state index contributed by atoms with van der Waals surface area (Å²) in [7, 11) is 0. The number of carbonyl (C=O) groups excluding carboxylic acids is 1. The van der Waals surface area contributed by atoms with E-state index in [1.807, 2.05) is 4.90 Å². The lowest BCUT2D eigenvalue weighted by molar-refractivity contribution is -0.135. The van der Waals surface area contributed by atoms with Gasteiger partial charge in [-0.25, -0.2) is 9.97 Å². The molecule has 130 valence electrons. The molecule has 0 radical (unpaired) electrons. The topological polar surface area (TPSA) is 69.6 Å². The average Bonchev–Trinajstić information content (AvgIpc) is 3.13. The summed E-state index contributed by atoms with van der Waals surface area (Å²) in [6, 6.07) is 2.07. The zero-order valence-corrected chi connectivity index (χ0v) is 14.1. The Labute approximate surface area is 142 Å². The second-order valence-corrected chi connectivity index (χ2v) is 7.42. The van der Waals surface area contributed by atoms with Gasteiger partial charge in [0.25, 0.3) is 0 Å². The summed E-state index contributed by atoms with van der Waals surface area (Å²) in [4.78, 5) is 25.6. The van der Waals surface area contributed by atoms with Crippen molar-refractivity contribution >= 4 is 11.7 Å². The third kappa shape index (κ3) is 3.11. The summed E-state index contributed by atoms with van der Waals surface area (Å²) >= 11 is 0. The molecule has 1 saturated carbocycles. The molecule has 1 amide bonds. The summed E-state index contributed by atoms with van der Waals surface area (Å²) < 4.78 is 0. The zero-order valence-electron chi connectivity index (χ0n) is 14.1. The van der Waals surface area contributed by atoms with Crippen molar-refractivity contribution in [3.63, 3.8) is 0 Å². The molecular formula is C18H26N4O2. The Balaban J connectivity index is 1.35. The van der Waals surface area contributed by atoms with Crippen LogP contribution in [0.2, 0.25) is 0 Å². The molecule has 4 rings (SSSR count). The van der Waals surface area contributed by atoms with Crippen molar-refractivity contribution < 1.29 is 9.90 Å². The molecule has 0 spiro atoms. The molecule has 1 aromatic heterocycles. The predicted octanol–water partition coefficient (Wildman–Crippen LogP) is 1.55. The first-order chi connectivity index (χ1) is 11.7. The van der Waals surface area contributed by atoms with E-state index in [0.717, 1.165) is 76.2 Å². The maximum absolute atomic E-state index is 12.5. The number of aromatic nitrogens is 2.